The first-order valence-electron chi connectivity index (χ1n) is 6.42. The summed E-state index contributed by atoms with van der Waals surface area (Å²) in [7, 11) is 0. The maximum Gasteiger partial charge on any atom is 0.339 e. The minimum Gasteiger partial charge on any atom is -0.478 e. The number of hydrogen-bond acceptors (Lipinski definition) is 4. The predicted octanol–water partition coefficient (Wildman–Crippen LogP) is 1.84. The molecular weight excluding hydrogens is 230 g/mol. The van der Waals surface area contributed by atoms with Crippen molar-refractivity contribution in [3.63, 3.8) is 0 Å². The average Bonchev–Trinajstić information content (AvgIpc) is 2.37. The quantitative estimate of drug-likeness (QED) is 0.851. The van der Waals surface area contributed by atoms with Crippen molar-refractivity contribution in [1.29, 1.82) is 0 Å². The molecule has 1 aromatic rings. The minimum atomic E-state index is -0.968. The maximum atomic E-state index is 11.0. The van der Waals surface area contributed by atoms with Gasteiger partial charge in [0.1, 0.15) is 11.9 Å². The number of aromatic carboxylic acids is 1. The first kappa shape index (κ1) is 13.0. The van der Waals surface area contributed by atoms with E-state index in [1.807, 2.05) is 0 Å². The van der Waals surface area contributed by atoms with Gasteiger partial charge in [0.2, 0.25) is 0 Å². The second kappa shape index (κ2) is 5.91. The number of nitrogens with one attached hydrogen (secondary N) is 1. The Kier molecular flexibility index (Phi) is 4.25. The lowest BCUT2D eigenvalue weighted by atomic mass is 9.87. The van der Waals surface area contributed by atoms with Gasteiger partial charge < -0.3 is 10.4 Å². The fourth-order valence-corrected chi connectivity index (χ4v) is 2.53. The monoisotopic (exact) mass is 249 g/mol. The smallest absolute Gasteiger partial charge is 0.339 e. The number of carbonyl (C=O) groups is 1. The molecule has 0 spiro atoms. The van der Waals surface area contributed by atoms with E-state index in [9.17, 15) is 4.79 Å². The van der Waals surface area contributed by atoms with Crippen LogP contribution in [0.3, 0.4) is 0 Å². The predicted molar refractivity (Wildman–Crippen MR) is 67.3 cm³/mol. The summed E-state index contributed by atoms with van der Waals surface area (Å²) in [5.41, 5.74) is 0.754. The van der Waals surface area contributed by atoms with E-state index in [1.165, 1.54) is 25.4 Å². The molecule has 0 aliphatic heterocycles. The molecule has 2 N–H and O–H groups in total. The zero-order chi connectivity index (χ0) is 13.0. The first-order valence-corrected chi connectivity index (χ1v) is 6.42. The van der Waals surface area contributed by atoms with Crippen LogP contribution in [0.5, 0.6) is 0 Å². The summed E-state index contributed by atoms with van der Waals surface area (Å²) in [5, 5.41) is 12.4. The van der Waals surface area contributed by atoms with Crippen LogP contribution in [0, 0.1) is 5.92 Å². The van der Waals surface area contributed by atoms with Crippen LogP contribution in [0.15, 0.2) is 12.5 Å². The van der Waals surface area contributed by atoms with Gasteiger partial charge in [0.05, 0.1) is 5.69 Å². The number of carboxylic acid groups (broad SMARTS) is 1. The van der Waals surface area contributed by atoms with Crippen molar-refractivity contribution in [3.05, 3.63) is 23.8 Å². The van der Waals surface area contributed by atoms with Gasteiger partial charge in [-0.15, -0.1) is 0 Å². The van der Waals surface area contributed by atoms with Gasteiger partial charge in [-0.2, -0.15) is 0 Å². The standard InChI is InChI=1S/C13H19N3O2/c1-9-3-2-4-10(5-9)15-7-12-11(13(17)18)6-14-8-16-12/h6,8-10,15H,2-5,7H2,1H3,(H,17,18). The van der Waals surface area contributed by atoms with Crippen molar-refractivity contribution in [2.75, 3.05) is 0 Å². The normalized spacial score (nSPS) is 23.8. The summed E-state index contributed by atoms with van der Waals surface area (Å²) in [4.78, 5) is 18.8. The molecule has 0 aromatic carbocycles. The molecule has 0 bridgehead atoms. The third-order valence-corrected chi connectivity index (χ3v) is 3.52. The van der Waals surface area contributed by atoms with Crippen LogP contribution in [-0.2, 0) is 6.54 Å². The Balaban J connectivity index is 1.95. The van der Waals surface area contributed by atoms with E-state index in [2.05, 4.69) is 22.2 Å². The number of aromatic nitrogens is 2. The van der Waals surface area contributed by atoms with Gasteiger partial charge in [-0.05, 0) is 18.8 Å². The summed E-state index contributed by atoms with van der Waals surface area (Å²) in [6.07, 6.45) is 7.62. The van der Waals surface area contributed by atoms with Crippen LogP contribution < -0.4 is 5.32 Å². The maximum absolute atomic E-state index is 11.0. The van der Waals surface area contributed by atoms with Crippen LogP contribution in [0.25, 0.3) is 0 Å². The highest BCUT2D eigenvalue weighted by Crippen LogP contribution is 2.23. The lowest BCUT2D eigenvalue weighted by molar-refractivity contribution is 0.0694. The third kappa shape index (κ3) is 3.26. The molecule has 1 aliphatic rings. The Labute approximate surface area is 107 Å². The highest BCUT2D eigenvalue weighted by molar-refractivity contribution is 5.88. The molecule has 5 nitrogen and oxygen atoms in total. The van der Waals surface area contributed by atoms with Gasteiger partial charge in [0.15, 0.2) is 0 Å². The third-order valence-electron chi connectivity index (χ3n) is 3.52. The largest absolute Gasteiger partial charge is 0.478 e. The molecule has 0 radical (unpaired) electrons. The number of carboxylic acids is 1. The molecule has 0 amide bonds. The van der Waals surface area contributed by atoms with Crippen LogP contribution in [-0.4, -0.2) is 27.1 Å². The van der Waals surface area contributed by atoms with Crippen LogP contribution in [0.1, 0.15) is 48.7 Å². The minimum absolute atomic E-state index is 0.189. The lowest BCUT2D eigenvalue weighted by Gasteiger charge is -2.27. The van der Waals surface area contributed by atoms with Crippen LogP contribution in [0.4, 0.5) is 0 Å². The summed E-state index contributed by atoms with van der Waals surface area (Å²) in [6.45, 7) is 2.77. The summed E-state index contributed by atoms with van der Waals surface area (Å²) >= 11 is 0. The van der Waals surface area contributed by atoms with E-state index >= 15 is 0 Å². The van der Waals surface area contributed by atoms with Gasteiger partial charge in [0.25, 0.3) is 0 Å². The van der Waals surface area contributed by atoms with Crippen molar-refractivity contribution in [3.8, 4) is 0 Å². The zero-order valence-electron chi connectivity index (χ0n) is 10.6. The van der Waals surface area contributed by atoms with Gasteiger partial charge in [-0.3, -0.25) is 0 Å². The van der Waals surface area contributed by atoms with Gasteiger partial charge in [-0.1, -0.05) is 19.8 Å². The molecule has 0 saturated heterocycles. The van der Waals surface area contributed by atoms with Crippen LogP contribution in [0.2, 0.25) is 0 Å². The second-order valence-corrected chi connectivity index (χ2v) is 5.04. The van der Waals surface area contributed by atoms with E-state index in [1.54, 1.807) is 0 Å². The van der Waals surface area contributed by atoms with Crippen molar-refractivity contribution in [2.45, 2.75) is 45.2 Å². The van der Waals surface area contributed by atoms with E-state index in [0.717, 1.165) is 18.8 Å². The second-order valence-electron chi connectivity index (χ2n) is 5.04. The fraction of sp³-hybridized carbons (Fsp3) is 0.615. The molecule has 1 aliphatic carbocycles. The van der Waals surface area contributed by atoms with Gasteiger partial charge in [0, 0.05) is 18.8 Å². The van der Waals surface area contributed by atoms with Crippen LogP contribution >= 0.6 is 0 Å². The molecule has 2 unspecified atom stereocenters. The molecule has 2 atom stereocenters. The SMILES string of the molecule is CC1CCCC(NCc2ncncc2C(=O)O)C1. The first-order chi connectivity index (χ1) is 8.66. The van der Waals surface area contributed by atoms with E-state index in [-0.39, 0.29) is 5.56 Å². The molecule has 1 aromatic heterocycles. The van der Waals surface area contributed by atoms with Gasteiger partial charge >= 0.3 is 5.97 Å². The Morgan fingerprint density at radius 3 is 3.11 bits per heavy atom. The lowest BCUT2D eigenvalue weighted by Crippen LogP contribution is -2.33. The Hall–Kier alpha value is -1.49. The van der Waals surface area contributed by atoms with Crippen molar-refractivity contribution in [1.82, 2.24) is 15.3 Å². The fourth-order valence-electron chi connectivity index (χ4n) is 2.53. The molecular formula is C13H19N3O2. The summed E-state index contributed by atoms with van der Waals surface area (Å²) < 4.78 is 0. The number of rotatable bonds is 4. The molecule has 1 saturated carbocycles. The highest BCUT2D eigenvalue weighted by atomic mass is 16.4. The Morgan fingerprint density at radius 1 is 1.56 bits per heavy atom. The number of hydrogen-bond donors (Lipinski definition) is 2. The van der Waals surface area contributed by atoms with Gasteiger partial charge in [-0.25, -0.2) is 14.8 Å². The number of nitrogens with zero attached hydrogens (tertiary/aromatic N) is 2. The van der Waals surface area contributed by atoms with E-state index in [4.69, 9.17) is 5.11 Å². The Bertz CT molecular complexity index is 422. The zero-order valence-corrected chi connectivity index (χ0v) is 10.6. The van der Waals surface area contributed by atoms with Crippen molar-refractivity contribution in [2.24, 2.45) is 5.92 Å². The Morgan fingerprint density at radius 2 is 2.39 bits per heavy atom. The highest BCUT2D eigenvalue weighted by Gasteiger charge is 2.19. The van der Waals surface area contributed by atoms with E-state index in [0.29, 0.717) is 18.3 Å². The molecule has 1 fully saturated rings. The average molecular weight is 249 g/mol. The molecule has 98 valence electrons. The molecule has 2 rings (SSSR count). The molecule has 18 heavy (non-hydrogen) atoms. The topological polar surface area (TPSA) is 75.1 Å². The van der Waals surface area contributed by atoms with Crippen molar-refractivity contribution >= 4 is 5.97 Å². The molecule has 5 heteroatoms. The molecule has 1 heterocycles. The summed E-state index contributed by atoms with van der Waals surface area (Å²) in [5.74, 6) is -0.218. The van der Waals surface area contributed by atoms with Crippen molar-refractivity contribution < 1.29 is 9.90 Å². The van der Waals surface area contributed by atoms with E-state index < -0.39 is 5.97 Å². The summed E-state index contributed by atoms with van der Waals surface area (Å²) in [6, 6.07) is 0.477.